The van der Waals surface area contributed by atoms with Gasteiger partial charge in [0.15, 0.2) is 31.2 Å². The van der Waals surface area contributed by atoms with Gasteiger partial charge < -0.3 is 37.3 Å². The SMILES string of the molecule is C=CCCC[C@@H](C[C@H](CCC(C#N)(CC[C@@H](C)[C@@H](OCOC)[C@@H](C/C=C\CCO[Si](C)(C)C(C)(C)C)O[Si](C)(C)C(C)(C)C)S(=O)(=O)c1ccc(C)cc1)OCOC)OCOC. The van der Waals surface area contributed by atoms with E-state index in [-0.39, 0.29) is 72.7 Å². The van der Waals surface area contributed by atoms with Crippen molar-refractivity contribution in [3.8, 4) is 6.07 Å². The molecule has 11 nitrogen and oxygen atoms in total. The highest BCUT2D eigenvalue weighted by molar-refractivity contribution is 7.93. The van der Waals surface area contributed by atoms with Crippen LogP contribution in [0.1, 0.15) is 118 Å². The van der Waals surface area contributed by atoms with Gasteiger partial charge >= 0.3 is 0 Å². The van der Waals surface area contributed by atoms with Gasteiger partial charge in [0.05, 0.1) is 35.4 Å². The van der Waals surface area contributed by atoms with Crippen LogP contribution in [0, 0.1) is 24.2 Å². The first-order valence-electron chi connectivity index (χ1n) is 22.5. The Bertz CT molecular complexity index is 1580. The molecule has 0 bridgehead atoms. The number of aryl methyl sites for hydroxylation is 1. The summed E-state index contributed by atoms with van der Waals surface area (Å²) in [5, 5.41) is 11.2. The molecule has 1 rings (SSSR count). The van der Waals surface area contributed by atoms with E-state index in [1.165, 1.54) is 0 Å². The molecular formula is C48H87NO10SSi2. The normalized spacial score (nSPS) is 16.7. The van der Waals surface area contributed by atoms with Crippen molar-refractivity contribution in [3.63, 3.8) is 0 Å². The fraction of sp³-hybridized carbons (Fsp3) is 0.771. The zero-order chi connectivity index (χ0) is 47.3. The zero-order valence-corrected chi connectivity index (χ0v) is 44.3. The Hall–Kier alpha value is -1.75. The number of benzene rings is 1. The van der Waals surface area contributed by atoms with Gasteiger partial charge in [-0.05, 0) is 125 Å². The third-order valence-corrected chi connectivity index (χ3v) is 24.3. The third-order valence-electron chi connectivity index (χ3n) is 12.9. The lowest BCUT2D eigenvalue weighted by Gasteiger charge is -2.42. The summed E-state index contributed by atoms with van der Waals surface area (Å²) >= 11 is 0. The number of allylic oxidation sites excluding steroid dienone is 1. The van der Waals surface area contributed by atoms with E-state index in [4.69, 9.17) is 37.3 Å². The minimum Gasteiger partial charge on any atom is -0.417 e. The van der Waals surface area contributed by atoms with Crippen molar-refractivity contribution < 1.29 is 45.7 Å². The minimum absolute atomic E-state index is 0.0157. The molecule has 14 heteroatoms. The lowest BCUT2D eigenvalue weighted by molar-refractivity contribution is -0.127. The van der Waals surface area contributed by atoms with Crippen molar-refractivity contribution in [3.05, 3.63) is 54.6 Å². The Kier molecular flexibility index (Phi) is 26.0. The fourth-order valence-corrected chi connectivity index (χ4v) is 11.0. The highest BCUT2D eigenvalue weighted by atomic mass is 32.2. The van der Waals surface area contributed by atoms with E-state index >= 15 is 0 Å². The summed E-state index contributed by atoms with van der Waals surface area (Å²) in [6, 6.07) is 9.11. The summed E-state index contributed by atoms with van der Waals surface area (Å²) in [7, 11) is -3.65. The summed E-state index contributed by atoms with van der Waals surface area (Å²) in [5.74, 6) is -0.214. The van der Waals surface area contributed by atoms with Crippen LogP contribution >= 0.6 is 0 Å². The second-order valence-electron chi connectivity index (χ2n) is 19.9. The van der Waals surface area contributed by atoms with Crippen molar-refractivity contribution in [2.24, 2.45) is 5.92 Å². The number of unbranched alkanes of at least 4 members (excludes halogenated alkanes) is 1. The molecule has 1 aromatic rings. The average Bonchev–Trinajstić information content (AvgIpc) is 3.19. The van der Waals surface area contributed by atoms with Crippen LogP contribution in [0.15, 0.2) is 54.0 Å². The van der Waals surface area contributed by atoms with Gasteiger partial charge in [0, 0.05) is 27.9 Å². The van der Waals surface area contributed by atoms with Crippen LogP contribution in [0.5, 0.6) is 0 Å². The molecule has 0 aliphatic rings. The molecule has 62 heavy (non-hydrogen) atoms. The summed E-state index contributed by atoms with van der Waals surface area (Å²) in [5.41, 5.74) is 0.926. The lowest BCUT2D eigenvalue weighted by atomic mass is 9.87. The zero-order valence-electron chi connectivity index (χ0n) is 41.5. The Labute approximate surface area is 380 Å². The quantitative estimate of drug-likeness (QED) is 0.0289. The molecule has 0 N–H and O–H groups in total. The maximum Gasteiger partial charge on any atom is 0.197 e. The molecule has 0 radical (unpaired) electrons. The topological polar surface area (TPSA) is 132 Å². The molecule has 0 saturated heterocycles. The van der Waals surface area contributed by atoms with Crippen molar-refractivity contribution >= 4 is 26.5 Å². The average molecular weight is 926 g/mol. The number of nitrogens with zero attached hydrogens (tertiary/aromatic N) is 1. The van der Waals surface area contributed by atoms with Crippen molar-refractivity contribution in [2.75, 3.05) is 48.3 Å². The number of nitriles is 1. The van der Waals surface area contributed by atoms with Crippen LogP contribution in [0.2, 0.25) is 36.3 Å². The van der Waals surface area contributed by atoms with Gasteiger partial charge in [0.1, 0.15) is 20.4 Å². The van der Waals surface area contributed by atoms with E-state index < -0.39 is 43.4 Å². The molecule has 0 aromatic heterocycles. The van der Waals surface area contributed by atoms with Crippen LogP contribution in [-0.4, -0.2) is 103 Å². The fourth-order valence-electron chi connectivity index (χ4n) is 6.71. The molecule has 0 amide bonds. The van der Waals surface area contributed by atoms with Crippen molar-refractivity contribution in [2.45, 2.75) is 190 Å². The first kappa shape index (κ1) is 58.3. The van der Waals surface area contributed by atoms with Crippen molar-refractivity contribution in [1.82, 2.24) is 0 Å². The van der Waals surface area contributed by atoms with E-state index in [1.807, 2.05) is 13.0 Å². The van der Waals surface area contributed by atoms with Gasteiger partial charge in [-0.1, -0.05) is 84.4 Å². The second-order valence-corrected chi connectivity index (χ2v) is 31.7. The number of ether oxygens (including phenoxy) is 6. The van der Waals surface area contributed by atoms with Crippen LogP contribution in [0.3, 0.4) is 0 Å². The van der Waals surface area contributed by atoms with Crippen LogP contribution in [0.25, 0.3) is 0 Å². The summed E-state index contributed by atoms with van der Waals surface area (Å²) in [6.07, 6.45) is 9.79. The molecule has 0 heterocycles. The molecule has 0 fully saturated rings. The highest BCUT2D eigenvalue weighted by Crippen LogP contribution is 2.41. The molecule has 0 saturated carbocycles. The Balaban J connectivity index is 3.66. The van der Waals surface area contributed by atoms with Gasteiger partial charge in [-0.15, -0.1) is 6.58 Å². The molecular weight excluding hydrogens is 839 g/mol. The summed E-state index contributed by atoms with van der Waals surface area (Å²) in [4.78, 5) is 0.117. The molecule has 0 spiro atoms. The minimum atomic E-state index is -4.18. The molecule has 1 unspecified atom stereocenters. The van der Waals surface area contributed by atoms with Crippen LogP contribution < -0.4 is 0 Å². The predicted molar refractivity (Wildman–Crippen MR) is 257 cm³/mol. The standard InChI is InChI=1S/C48H87NO10SSi2/c1-17-18-20-23-41(55-36-52-10)34-42(56-37-53-11)30-32-48(35-49,60(50,51)43-27-25-39(2)26-28-43)31-29-40(3)45(57-38-54-12)44(59-62(15,16)47(7,8)9)24-21-19-22-33-58-61(13,14)46(4,5)6/h17,19,21,25-28,40-42,44-45H,1,18,20,22-24,29-34,36-38H2,2-16H3/b21-19-/t40-,41+,42+,44-,45-,48?/m1/s1. The van der Waals surface area contributed by atoms with E-state index in [2.05, 4.69) is 99.5 Å². The second kappa shape index (κ2) is 27.7. The number of methoxy groups -OCH3 is 3. The Morgan fingerprint density at radius 2 is 1.31 bits per heavy atom. The monoisotopic (exact) mass is 926 g/mol. The molecule has 6 atom stereocenters. The summed E-state index contributed by atoms with van der Waals surface area (Å²) < 4.78 is 76.2. The van der Waals surface area contributed by atoms with Crippen LogP contribution in [0.4, 0.5) is 0 Å². The van der Waals surface area contributed by atoms with Gasteiger partial charge in [0.25, 0.3) is 0 Å². The third kappa shape index (κ3) is 19.0. The van der Waals surface area contributed by atoms with Crippen molar-refractivity contribution in [1.29, 1.82) is 5.26 Å². The number of hydrogen-bond acceptors (Lipinski definition) is 11. The van der Waals surface area contributed by atoms with Gasteiger partial charge in [-0.25, -0.2) is 8.42 Å². The predicted octanol–water partition coefficient (Wildman–Crippen LogP) is 11.7. The van der Waals surface area contributed by atoms with E-state index in [0.29, 0.717) is 25.9 Å². The van der Waals surface area contributed by atoms with E-state index in [9.17, 15) is 13.7 Å². The molecule has 358 valence electrons. The molecule has 1 aromatic carbocycles. The molecule has 0 aliphatic heterocycles. The van der Waals surface area contributed by atoms with Gasteiger partial charge in [-0.3, -0.25) is 0 Å². The van der Waals surface area contributed by atoms with Gasteiger partial charge in [-0.2, -0.15) is 5.26 Å². The van der Waals surface area contributed by atoms with Gasteiger partial charge in [0.2, 0.25) is 0 Å². The smallest absolute Gasteiger partial charge is 0.197 e. The highest BCUT2D eigenvalue weighted by Gasteiger charge is 2.47. The number of hydrogen-bond donors (Lipinski definition) is 0. The summed E-state index contributed by atoms with van der Waals surface area (Å²) in [6.45, 7) is 31.0. The Morgan fingerprint density at radius 3 is 1.82 bits per heavy atom. The number of sulfone groups is 1. The van der Waals surface area contributed by atoms with E-state index in [0.717, 1.165) is 31.2 Å². The van der Waals surface area contributed by atoms with E-state index in [1.54, 1.807) is 45.6 Å². The maximum atomic E-state index is 14.9. The number of rotatable bonds is 33. The first-order valence-corrected chi connectivity index (χ1v) is 29.8. The van der Waals surface area contributed by atoms with Crippen LogP contribution in [-0.2, 0) is 47.1 Å². The largest absolute Gasteiger partial charge is 0.417 e. The lowest BCUT2D eigenvalue weighted by Crippen LogP contribution is -2.49. The maximum absolute atomic E-state index is 14.9. The molecule has 0 aliphatic carbocycles. The Morgan fingerprint density at radius 1 is 0.774 bits per heavy atom. The first-order chi connectivity index (χ1) is 28.9.